The van der Waals surface area contributed by atoms with Crippen LogP contribution in [0, 0.1) is 0 Å². The molecule has 2 aromatic rings. The maximum atomic E-state index is 12.3. The second kappa shape index (κ2) is 7.42. The van der Waals surface area contributed by atoms with Crippen LogP contribution in [0.4, 0.5) is 5.69 Å². The number of hydrogen-bond donors (Lipinski definition) is 2. The van der Waals surface area contributed by atoms with Gasteiger partial charge in [0.1, 0.15) is 6.10 Å². The molecule has 1 unspecified atom stereocenters. The quantitative estimate of drug-likeness (QED) is 0.820. The van der Waals surface area contributed by atoms with Crippen molar-refractivity contribution in [3.8, 4) is 5.88 Å². The van der Waals surface area contributed by atoms with E-state index in [0.29, 0.717) is 17.1 Å². The fourth-order valence-electron chi connectivity index (χ4n) is 2.32. The zero-order chi connectivity index (χ0) is 17.9. The number of thioether (sulfide) groups is 1. The number of carbonyl (C=O) groups is 1. The van der Waals surface area contributed by atoms with Crippen molar-refractivity contribution in [1.82, 2.24) is 4.98 Å². The number of hydrogen-bond acceptors (Lipinski definition) is 6. The number of benzene rings is 1. The molecule has 0 bridgehead atoms. The van der Waals surface area contributed by atoms with Crippen LogP contribution in [0.1, 0.15) is 16.8 Å². The SMILES string of the molecule is NS(=O)(=O)c1ccc(NC(=O)c2ccnc(OC3CCSC3)c2)cc1. The molecule has 1 aromatic heterocycles. The van der Waals surface area contributed by atoms with Crippen LogP contribution in [0.3, 0.4) is 0 Å². The van der Waals surface area contributed by atoms with Crippen molar-refractivity contribution in [2.75, 3.05) is 16.8 Å². The van der Waals surface area contributed by atoms with Crippen molar-refractivity contribution >= 4 is 33.4 Å². The van der Waals surface area contributed by atoms with Gasteiger partial charge in [0.2, 0.25) is 15.9 Å². The van der Waals surface area contributed by atoms with Crippen LogP contribution in [0.2, 0.25) is 0 Å². The summed E-state index contributed by atoms with van der Waals surface area (Å²) in [6.07, 6.45) is 2.62. The molecule has 1 aliphatic rings. The molecule has 25 heavy (non-hydrogen) atoms. The predicted octanol–water partition coefficient (Wildman–Crippen LogP) is 1.87. The first kappa shape index (κ1) is 17.7. The summed E-state index contributed by atoms with van der Waals surface area (Å²) in [7, 11) is -3.76. The van der Waals surface area contributed by atoms with E-state index in [1.807, 2.05) is 11.8 Å². The van der Waals surface area contributed by atoms with Gasteiger partial charge in [-0.2, -0.15) is 11.8 Å². The van der Waals surface area contributed by atoms with Crippen LogP contribution >= 0.6 is 11.8 Å². The highest BCUT2D eigenvalue weighted by molar-refractivity contribution is 7.99. The van der Waals surface area contributed by atoms with Gasteiger partial charge in [-0.1, -0.05) is 0 Å². The lowest BCUT2D eigenvalue weighted by Crippen LogP contribution is -2.17. The molecular weight excluding hydrogens is 362 g/mol. The molecule has 3 rings (SSSR count). The molecule has 3 N–H and O–H groups in total. The lowest BCUT2D eigenvalue weighted by molar-refractivity contribution is 0.102. The summed E-state index contributed by atoms with van der Waals surface area (Å²) >= 11 is 1.83. The van der Waals surface area contributed by atoms with Gasteiger partial charge in [0, 0.05) is 29.3 Å². The normalized spacial score (nSPS) is 17.2. The van der Waals surface area contributed by atoms with E-state index in [2.05, 4.69) is 10.3 Å². The number of anilines is 1. The highest BCUT2D eigenvalue weighted by Crippen LogP contribution is 2.22. The lowest BCUT2D eigenvalue weighted by atomic mass is 10.2. The predicted molar refractivity (Wildman–Crippen MR) is 96.4 cm³/mol. The van der Waals surface area contributed by atoms with Crippen LogP contribution in [-0.2, 0) is 10.0 Å². The summed E-state index contributed by atoms with van der Waals surface area (Å²) in [5.74, 6) is 2.08. The van der Waals surface area contributed by atoms with Crippen LogP contribution in [0.15, 0.2) is 47.5 Å². The van der Waals surface area contributed by atoms with Gasteiger partial charge in [0.15, 0.2) is 0 Å². The largest absolute Gasteiger partial charge is 0.473 e. The summed E-state index contributed by atoms with van der Waals surface area (Å²) in [6, 6.07) is 8.81. The Morgan fingerprint density at radius 1 is 1.28 bits per heavy atom. The number of primary sulfonamides is 1. The third kappa shape index (κ3) is 4.71. The third-order valence-corrected chi connectivity index (χ3v) is 5.67. The van der Waals surface area contributed by atoms with Gasteiger partial charge < -0.3 is 10.1 Å². The van der Waals surface area contributed by atoms with E-state index in [1.54, 1.807) is 12.1 Å². The molecule has 1 atom stereocenters. The minimum Gasteiger partial charge on any atom is -0.473 e. The van der Waals surface area contributed by atoms with Crippen molar-refractivity contribution in [2.24, 2.45) is 5.14 Å². The van der Waals surface area contributed by atoms with E-state index < -0.39 is 10.0 Å². The molecule has 2 heterocycles. The summed E-state index contributed by atoms with van der Waals surface area (Å²) in [6.45, 7) is 0. The highest BCUT2D eigenvalue weighted by Gasteiger charge is 2.18. The van der Waals surface area contributed by atoms with Crippen LogP contribution in [0.5, 0.6) is 5.88 Å². The van der Waals surface area contributed by atoms with Gasteiger partial charge >= 0.3 is 0 Å². The molecule has 0 radical (unpaired) electrons. The summed E-state index contributed by atoms with van der Waals surface area (Å²) in [4.78, 5) is 16.5. The minimum atomic E-state index is -3.76. The number of aromatic nitrogens is 1. The Morgan fingerprint density at radius 3 is 2.68 bits per heavy atom. The number of nitrogens with zero attached hydrogens (tertiary/aromatic N) is 1. The molecule has 0 saturated carbocycles. The monoisotopic (exact) mass is 379 g/mol. The minimum absolute atomic E-state index is 0.0143. The number of pyridine rings is 1. The number of ether oxygens (including phenoxy) is 1. The Bertz CT molecular complexity index is 863. The maximum absolute atomic E-state index is 12.3. The fourth-order valence-corrected chi connectivity index (χ4v) is 3.93. The number of carbonyl (C=O) groups excluding carboxylic acids is 1. The maximum Gasteiger partial charge on any atom is 0.255 e. The molecule has 1 amide bonds. The summed E-state index contributed by atoms with van der Waals surface area (Å²) in [5, 5.41) is 7.74. The number of nitrogens with two attached hydrogens (primary N) is 1. The molecule has 1 aliphatic heterocycles. The lowest BCUT2D eigenvalue weighted by Gasteiger charge is -2.12. The van der Waals surface area contributed by atoms with Crippen molar-refractivity contribution in [3.05, 3.63) is 48.2 Å². The number of nitrogens with one attached hydrogen (secondary N) is 1. The molecule has 7 nitrogen and oxygen atoms in total. The van der Waals surface area contributed by atoms with E-state index in [1.165, 1.54) is 30.5 Å². The molecule has 0 spiro atoms. The highest BCUT2D eigenvalue weighted by atomic mass is 32.2. The first-order valence-electron chi connectivity index (χ1n) is 7.56. The van der Waals surface area contributed by atoms with Gasteiger partial charge in [-0.3, -0.25) is 4.79 Å². The number of amides is 1. The Morgan fingerprint density at radius 2 is 2.04 bits per heavy atom. The first-order valence-corrected chi connectivity index (χ1v) is 10.3. The van der Waals surface area contributed by atoms with Gasteiger partial charge in [0.05, 0.1) is 4.90 Å². The topological polar surface area (TPSA) is 111 Å². The van der Waals surface area contributed by atoms with Gasteiger partial charge in [-0.15, -0.1) is 0 Å². The van der Waals surface area contributed by atoms with E-state index in [9.17, 15) is 13.2 Å². The zero-order valence-electron chi connectivity index (χ0n) is 13.2. The Kier molecular flexibility index (Phi) is 5.26. The van der Waals surface area contributed by atoms with Gasteiger partial charge in [-0.25, -0.2) is 18.5 Å². The first-order chi connectivity index (χ1) is 11.9. The average molecular weight is 379 g/mol. The molecule has 1 aromatic carbocycles. The van der Waals surface area contributed by atoms with E-state index in [4.69, 9.17) is 9.88 Å². The van der Waals surface area contributed by atoms with Gasteiger partial charge in [-0.05, 0) is 42.5 Å². The third-order valence-electron chi connectivity index (χ3n) is 3.61. The van der Waals surface area contributed by atoms with E-state index in [0.717, 1.165) is 17.9 Å². The van der Waals surface area contributed by atoms with Crippen molar-refractivity contribution in [3.63, 3.8) is 0 Å². The van der Waals surface area contributed by atoms with Crippen LogP contribution < -0.4 is 15.2 Å². The van der Waals surface area contributed by atoms with Crippen LogP contribution in [0.25, 0.3) is 0 Å². The Balaban J connectivity index is 1.68. The Hall–Kier alpha value is -2.10. The van der Waals surface area contributed by atoms with E-state index >= 15 is 0 Å². The van der Waals surface area contributed by atoms with E-state index in [-0.39, 0.29) is 16.9 Å². The smallest absolute Gasteiger partial charge is 0.255 e. The number of sulfonamides is 1. The molecule has 0 aliphatic carbocycles. The molecule has 132 valence electrons. The van der Waals surface area contributed by atoms with Crippen molar-refractivity contribution < 1.29 is 17.9 Å². The van der Waals surface area contributed by atoms with Crippen molar-refractivity contribution in [1.29, 1.82) is 0 Å². The molecule has 1 saturated heterocycles. The average Bonchev–Trinajstić information content (AvgIpc) is 3.08. The molecule has 1 fully saturated rings. The van der Waals surface area contributed by atoms with Crippen LogP contribution in [-0.4, -0.2) is 36.9 Å². The number of rotatable bonds is 5. The fraction of sp³-hybridized carbons (Fsp3) is 0.250. The second-order valence-electron chi connectivity index (χ2n) is 5.51. The van der Waals surface area contributed by atoms with Gasteiger partial charge in [0.25, 0.3) is 5.91 Å². The second-order valence-corrected chi connectivity index (χ2v) is 8.22. The summed E-state index contributed by atoms with van der Waals surface area (Å²) < 4.78 is 28.2. The molecular formula is C16H17N3O4S2. The summed E-state index contributed by atoms with van der Waals surface area (Å²) in [5.41, 5.74) is 0.870. The standard InChI is InChI=1S/C16H17N3O4S2/c17-25(21,22)14-3-1-12(2-4-14)19-16(20)11-5-7-18-15(9-11)23-13-6-8-24-10-13/h1-5,7,9,13H,6,8,10H2,(H,19,20)(H2,17,21,22). The molecule has 9 heteroatoms. The Labute approximate surface area is 150 Å². The van der Waals surface area contributed by atoms with Crippen molar-refractivity contribution in [2.45, 2.75) is 17.4 Å². The zero-order valence-corrected chi connectivity index (χ0v) is 14.8.